The summed E-state index contributed by atoms with van der Waals surface area (Å²) in [6.07, 6.45) is 0.297. The monoisotopic (exact) mass is 253 g/mol. The van der Waals surface area contributed by atoms with Gasteiger partial charge in [0, 0.05) is 25.6 Å². The zero-order chi connectivity index (χ0) is 13.1. The van der Waals surface area contributed by atoms with E-state index in [1.807, 2.05) is 0 Å². The summed E-state index contributed by atoms with van der Waals surface area (Å²) in [5.41, 5.74) is 2.68. The predicted molar refractivity (Wildman–Crippen MR) is 77.3 cm³/mol. The third-order valence-electron chi connectivity index (χ3n) is 3.93. The fraction of sp³-hybridized carbons (Fsp3) is 0.294. The molecule has 1 saturated heterocycles. The van der Waals surface area contributed by atoms with Gasteiger partial charge in [-0.15, -0.1) is 0 Å². The molecule has 1 aliphatic rings. The molecular formula is C17H19NO. The molecule has 1 fully saturated rings. The highest BCUT2D eigenvalue weighted by atomic mass is 16.5. The Morgan fingerprint density at radius 3 is 1.84 bits per heavy atom. The van der Waals surface area contributed by atoms with Crippen molar-refractivity contribution in [2.24, 2.45) is 0 Å². The third-order valence-corrected chi connectivity index (χ3v) is 3.93. The highest BCUT2D eigenvalue weighted by Gasteiger charge is 2.38. The van der Waals surface area contributed by atoms with Gasteiger partial charge in [-0.25, -0.2) is 0 Å². The standard InChI is InChI=1S/C17H19NO/c1-19-15-12-18-17(15)16(13-8-4-2-5-9-13)14-10-6-3-7-11-14/h2-11,15-18H,12H2,1H3. The van der Waals surface area contributed by atoms with Crippen LogP contribution in [0.5, 0.6) is 0 Å². The summed E-state index contributed by atoms with van der Waals surface area (Å²) in [6.45, 7) is 0.942. The second kappa shape index (κ2) is 5.55. The van der Waals surface area contributed by atoms with E-state index >= 15 is 0 Å². The summed E-state index contributed by atoms with van der Waals surface area (Å²) in [4.78, 5) is 0. The van der Waals surface area contributed by atoms with Gasteiger partial charge in [-0.05, 0) is 11.1 Å². The molecule has 2 aromatic carbocycles. The first kappa shape index (κ1) is 12.4. The number of methoxy groups -OCH3 is 1. The first-order chi connectivity index (χ1) is 9.40. The third kappa shape index (κ3) is 2.42. The summed E-state index contributed by atoms with van der Waals surface area (Å²) in [7, 11) is 1.80. The van der Waals surface area contributed by atoms with Crippen LogP contribution >= 0.6 is 0 Å². The van der Waals surface area contributed by atoms with Crippen LogP contribution in [0.2, 0.25) is 0 Å². The minimum Gasteiger partial charge on any atom is -0.378 e. The molecule has 2 aromatic rings. The van der Waals surface area contributed by atoms with E-state index in [0.717, 1.165) is 6.54 Å². The molecule has 2 unspecified atom stereocenters. The lowest BCUT2D eigenvalue weighted by atomic mass is 9.79. The molecule has 2 atom stereocenters. The van der Waals surface area contributed by atoms with E-state index in [1.54, 1.807) is 7.11 Å². The molecule has 2 heteroatoms. The second-order valence-electron chi connectivity index (χ2n) is 5.01. The zero-order valence-electron chi connectivity index (χ0n) is 11.1. The van der Waals surface area contributed by atoms with Crippen molar-refractivity contribution >= 4 is 0 Å². The average Bonchev–Trinajstić information content (AvgIpc) is 2.46. The Labute approximate surface area is 114 Å². The van der Waals surface area contributed by atoms with Crippen LogP contribution in [-0.2, 0) is 4.74 Å². The van der Waals surface area contributed by atoms with Crippen molar-refractivity contribution in [3.05, 3.63) is 71.8 Å². The molecular weight excluding hydrogens is 234 g/mol. The summed E-state index contributed by atoms with van der Waals surface area (Å²) in [5, 5.41) is 3.52. The van der Waals surface area contributed by atoms with Gasteiger partial charge in [0.05, 0.1) is 6.10 Å². The molecule has 0 saturated carbocycles. The van der Waals surface area contributed by atoms with Crippen LogP contribution in [0.3, 0.4) is 0 Å². The molecule has 1 aliphatic heterocycles. The Kier molecular flexibility index (Phi) is 3.62. The molecule has 98 valence electrons. The van der Waals surface area contributed by atoms with Crippen molar-refractivity contribution in [1.29, 1.82) is 0 Å². The minimum absolute atomic E-state index is 0.297. The molecule has 0 amide bonds. The Morgan fingerprint density at radius 2 is 1.47 bits per heavy atom. The molecule has 0 spiro atoms. The number of hydrogen-bond acceptors (Lipinski definition) is 2. The molecule has 3 rings (SSSR count). The number of ether oxygens (including phenoxy) is 1. The quantitative estimate of drug-likeness (QED) is 0.904. The predicted octanol–water partition coefficient (Wildman–Crippen LogP) is 2.81. The van der Waals surface area contributed by atoms with Crippen molar-refractivity contribution in [1.82, 2.24) is 5.32 Å². The van der Waals surface area contributed by atoms with Crippen molar-refractivity contribution in [3.63, 3.8) is 0 Å². The van der Waals surface area contributed by atoms with Crippen LogP contribution in [0, 0.1) is 0 Å². The van der Waals surface area contributed by atoms with E-state index in [2.05, 4.69) is 66.0 Å². The summed E-state index contributed by atoms with van der Waals surface area (Å²) in [6, 6.07) is 21.7. The second-order valence-corrected chi connectivity index (χ2v) is 5.01. The molecule has 0 radical (unpaired) electrons. The van der Waals surface area contributed by atoms with Crippen LogP contribution in [0.1, 0.15) is 17.0 Å². The van der Waals surface area contributed by atoms with Gasteiger partial charge < -0.3 is 10.1 Å². The SMILES string of the molecule is COC1CNC1C(c1ccccc1)c1ccccc1. The van der Waals surface area contributed by atoms with Gasteiger partial charge in [-0.2, -0.15) is 0 Å². The Hall–Kier alpha value is -1.64. The lowest BCUT2D eigenvalue weighted by molar-refractivity contribution is 0.01000. The maximum atomic E-state index is 5.56. The number of nitrogens with one attached hydrogen (secondary N) is 1. The topological polar surface area (TPSA) is 21.3 Å². The van der Waals surface area contributed by atoms with E-state index in [-0.39, 0.29) is 0 Å². The first-order valence-electron chi connectivity index (χ1n) is 6.76. The number of hydrogen-bond donors (Lipinski definition) is 1. The maximum absolute atomic E-state index is 5.56. The lowest BCUT2D eigenvalue weighted by Gasteiger charge is -2.42. The molecule has 1 N–H and O–H groups in total. The normalized spacial score (nSPS) is 22.2. The van der Waals surface area contributed by atoms with Gasteiger partial charge in [0.25, 0.3) is 0 Å². The van der Waals surface area contributed by atoms with Crippen LogP contribution in [-0.4, -0.2) is 25.8 Å². The smallest absolute Gasteiger partial charge is 0.0857 e. The van der Waals surface area contributed by atoms with E-state index in [9.17, 15) is 0 Å². The van der Waals surface area contributed by atoms with Gasteiger partial charge in [-0.1, -0.05) is 60.7 Å². The van der Waals surface area contributed by atoms with Gasteiger partial charge >= 0.3 is 0 Å². The highest BCUT2D eigenvalue weighted by molar-refractivity contribution is 5.35. The van der Waals surface area contributed by atoms with E-state index in [1.165, 1.54) is 11.1 Å². The largest absolute Gasteiger partial charge is 0.378 e. The van der Waals surface area contributed by atoms with Gasteiger partial charge in [0.2, 0.25) is 0 Å². The Morgan fingerprint density at radius 1 is 0.947 bits per heavy atom. The van der Waals surface area contributed by atoms with E-state index < -0.39 is 0 Å². The van der Waals surface area contributed by atoms with Gasteiger partial charge in [0.1, 0.15) is 0 Å². The van der Waals surface area contributed by atoms with Gasteiger partial charge in [-0.3, -0.25) is 0 Å². The molecule has 0 bridgehead atoms. The molecule has 1 heterocycles. The summed E-state index contributed by atoms with van der Waals surface area (Å²) in [5.74, 6) is 0.348. The summed E-state index contributed by atoms with van der Waals surface area (Å²) >= 11 is 0. The van der Waals surface area contributed by atoms with Crippen molar-refractivity contribution in [2.45, 2.75) is 18.1 Å². The average molecular weight is 253 g/mol. The highest BCUT2D eigenvalue weighted by Crippen LogP contribution is 2.33. The summed E-state index contributed by atoms with van der Waals surface area (Å²) < 4.78 is 5.56. The molecule has 0 aliphatic carbocycles. The Bertz CT molecular complexity index is 470. The van der Waals surface area contributed by atoms with Crippen LogP contribution < -0.4 is 5.32 Å². The van der Waals surface area contributed by atoms with Crippen LogP contribution in [0.25, 0.3) is 0 Å². The first-order valence-corrected chi connectivity index (χ1v) is 6.76. The van der Waals surface area contributed by atoms with Crippen molar-refractivity contribution in [3.8, 4) is 0 Å². The number of benzene rings is 2. The zero-order valence-corrected chi connectivity index (χ0v) is 11.1. The lowest BCUT2D eigenvalue weighted by Crippen LogP contribution is -2.60. The van der Waals surface area contributed by atoms with Crippen LogP contribution in [0.15, 0.2) is 60.7 Å². The Balaban J connectivity index is 1.97. The van der Waals surface area contributed by atoms with Crippen molar-refractivity contribution in [2.75, 3.05) is 13.7 Å². The molecule has 2 nitrogen and oxygen atoms in total. The minimum atomic E-state index is 0.297. The van der Waals surface area contributed by atoms with Crippen molar-refractivity contribution < 1.29 is 4.74 Å². The maximum Gasteiger partial charge on any atom is 0.0857 e. The van der Waals surface area contributed by atoms with Gasteiger partial charge in [0.15, 0.2) is 0 Å². The van der Waals surface area contributed by atoms with E-state index in [4.69, 9.17) is 4.74 Å². The fourth-order valence-corrected chi connectivity index (χ4v) is 2.84. The molecule has 0 aromatic heterocycles. The van der Waals surface area contributed by atoms with Crippen LogP contribution in [0.4, 0.5) is 0 Å². The van der Waals surface area contributed by atoms with E-state index in [0.29, 0.717) is 18.1 Å². The number of rotatable bonds is 4. The fourth-order valence-electron chi connectivity index (χ4n) is 2.84. The molecule has 19 heavy (non-hydrogen) atoms.